The molecule has 1 N–H and O–H groups in total. The molecular formula is C16H25BrN2O. The molecule has 4 heteroatoms. The number of rotatable bonds is 7. The number of halogens is 1. The Labute approximate surface area is 130 Å². The summed E-state index contributed by atoms with van der Waals surface area (Å²) in [5, 5.41) is 3.44. The first-order valence-electron chi connectivity index (χ1n) is 7.46. The minimum absolute atomic E-state index is 0.563. The van der Waals surface area contributed by atoms with Gasteiger partial charge in [-0.25, -0.2) is 0 Å². The van der Waals surface area contributed by atoms with Crippen molar-refractivity contribution in [3.8, 4) is 0 Å². The standard InChI is InChI=1S/C16H25BrN2O/c1-3-7-18-10-13-4-5-14(16(17)9-13)11-19(2)15-6-8-20-12-15/h4-5,9,15,18H,3,6-8,10-12H2,1-2H3. The molecule has 1 aliphatic rings. The second-order valence-electron chi connectivity index (χ2n) is 5.54. The lowest BCUT2D eigenvalue weighted by atomic mass is 10.1. The number of ether oxygens (including phenoxy) is 1. The summed E-state index contributed by atoms with van der Waals surface area (Å²) >= 11 is 3.71. The lowest BCUT2D eigenvalue weighted by Gasteiger charge is -2.23. The quantitative estimate of drug-likeness (QED) is 0.771. The van der Waals surface area contributed by atoms with Crippen molar-refractivity contribution >= 4 is 15.9 Å². The van der Waals surface area contributed by atoms with Crippen LogP contribution in [0.4, 0.5) is 0 Å². The van der Waals surface area contributed by atoms with Gasteiger partial charge in [-0.3, -0.25) is 4.90 Å². The monoisotopic (exact) mass is 340 g/mol. The summed E-state index contributed by atoms with van der Waals surface area (Å²) in [6.07, 6.45) is 2.32. The van der Waals surface area contributed by atoms with Gasteiger partial charge in [-0.15, -0.1) is 0 Å². The van der Waals surface area contributed by atoms with Gasteiger partial charge in [0.2, 0.25) is 0 Å². The van der Waals surface area contributed by atoms with Gasteiger partial charge < -0.3 is 10.1 Å². The average Bonchev–Trinajstić information content (AvgIpc) is 2.96. The van der Waals surface area contributed by atoms with Crippen LogP contribution in [0.15, 0.2) is 22.7 Å². The number of hydrogen-bond acceptors (Lipinski definition) is 3. The number of likely N-dealkylation sites (N-methyl/N-ethyl adjacent to an activating group) is 1. The fourth-order valence-corrected chi connectivity index (χ4v) is 3.06. The molecule has 0 spiro atoms. The Balaban J connectivity index is 1.91. The van der Waals surface area contributed by atoms with E-state index in [9.17, 15) is 0 Å². The van der Waals surface area contributed by atoms with E-state index < -0.39 is 0 Å². The van der Waals surface area contributed by atoms with Crippen LogP contribution in [-0.4, -0.2) is 37.7 Å². The Morgan fingerprint density at radius 3 is 2.95 bits per heavy atom. The van der Waals surface area contributed by atoms with Gasteiger partial charge in [0.05, 0.1) is 6.61 Å². The van der Waals surface area contributed by atoms with E-state index in [0.717, 1.165) is 39.3 Å². The Kier molecular flexibility index (Phi) is 6.49. The Hall–Kier alpha value is -0.420. The van der Waals surface area contributed by atoms with Crippen molar-refractivity contribution < 1.29 is 4.74 Å². The van der Waals surface area contributed by atoms with E-state index in [2.05, 4.69) is 58.3 Å². The van der Waals surface area contributed by atoms with Crippen LogP contribution in [-0.2, 0) is 17.8 Å². The highest BCUT2D eigenvalue weighted by molar-refractivity contribution is 9.10. The molecule has 20 heavy (non-hydrogen) atoms. The molecule has 0 aromatic heterocycles. The van der Waals surface area contributed by atoms with E-state index in [1.165, 1.54) is 22.0 Å². The second-order valence-corrected chi connectivity index (χ2v) is 6.39. The van der Waals surface area contributed by atoms with Crippen LogP contribution in [0.5, 0.6) is 0 Å². The molecule has 0 bridgehead atoms. The van der Waals surface area contributed by atoms with Crippen molar-refractivity contribution in [3.63, 3.8) is 0 Å². The molecule has 1 unspecified atom stereocenters. The predicted octanol–water partition coefficient (Wildman–Crippen LogP) is 3.17. The van der Waals surface area contributed by atoms with Crippen LogP contribution in [0, 0.1) is 0 Å². The summed E-state index contributed by atoms with van der Waals surface area (Å²) in [6, 6.07) is 7.26. The SMILES string of the molecule is CCCNCc1ccc(CN(C)C2CCOC2)c(Br)c1. The fourth-order valence-electron chi connectivity index (χ4n) is 2.51. The zero-order valence-electron chi connectivity index (χ0n) is 12.5. The number of benzene rings is 1. The van der Waals surface area contributed by atoms with Gasteiger partial charge in [0.1, 0.15) is 0 Å². The van der Waals surface area contributed by atoms with Gasteiger partial charge in [0, 0.05) is 30.2 Å². The summed E-state index contributed by atoms with van der Waals surface area (Å²) in [5.41, 5.74) is 2.68. The van der Waals surface area contributed by atoms with E-state index in [-0.39, 0.29) is 0 Å². The van der Waals surface area contributed by atoms with Gasteiger partial charge in [-0.2, -0.15) is 0 Å². The van der Waals surface area contributed by atoms with E-state index in [1.54, 1.807) is 0 Å². The van der Waals surface area contributed by atoms with Gasteiger partial charge in [0.15, 0.2) is 0 Å². The third-order valence-corrected chi connectivity index (χ3v) is 4.56. The van der Waals surface area contributed by atoms with Crippen molar-refractivity contribution in [3.05, 3.63) is 33.8 Å². The molecule has 0 radical (unpaired) electrons. The summed E-state index contributed by atoms with van der Waals surface area (Å²) in [7, 11) is 2.18. The first-order valence-corrected chi connectivity index (χ1v) is 8.26. The van der Waals surface area contributed by atoms with Crippen LogP contribution in [0.1, 0.15) is 30.9 Å². The molecule has 0 aliphatic carbocycles. The molecule has 1 aliphatic heterocycles. The smallest absolute Gasteiger partial charge is 0.0622 e. The van der Waals surface area contributed by atoms with Crippen LogP contribution in [0.2, 0.25) is 0 Å². The molecule has 112 valence electrons. The lowest BCUT2D eigenvalue weighted by Crippen LogP contribution is -2.31. The Morgan fingerprint density at radius 1 is 1.45 bits per heavy atom. The molecule has 1 heterocycles. The Bertz CT molecular complexity index is 419. The van der Waals surface area contributed by atoms with Crippen LogP contribution in [0.25, 0.3) is 0 Å². The zero-order valence-corrected chi connectivity index (χ0v) is 14.1. The van der Waals surface area contributed by atoms with Gasteiger partial charge >= 0.3 is 0 Å². The van der Waals surface area contributed by atoms with Gasteiger partial charge in [0.25, 0.3) is 0 Å². The van der Waals surface area contributed by atoms with Crippen molar-refractivity contribution in [2.24, 2.45) is 0 Å². The highest BCUT2D eigenvalue weighted by Gasteiger charge is 2.20. The minimum atomic E-state index is 0.563. The number of nitrogens with zero attached hydrogens (tertiary/aromatic N) is 1. The zero-order chi connectivity index (χ0) is 14.4. The number of nitrogens with one attached hydrogen (secondary N) is 1. The van der Waals surface area contributed by atoms with Crippen molar-refractivity contribution in [1.82, 2.24) is 10.2 Å². The summed E-state index contributed by atoms with van der Waals surface area (Å²) in [4.78, 5) is 2.39. The molecule has 2 rings (SSSR count). The molecule has 1 aromatic rings. The van der Waals surface area contributed by atoms with E-state index in [0.29, 0.717) is 6.04 Å². The highest BCUT2D eigenvalue weighted by atomic mass is 79.9. The van der Waals surface area contributed by atoms with Crippen LogP contribution < -0.4 is 5.32 Å². The third kappa shape index (κ3) is 4.55. The summed E-state index contributed by atoms with van der Waals surface area (Å²) < 4.78 is 6.67. The maximum atomic E-state index is 5.46. The maximum Gasteiger partial charge on any atom is 0.0622 e. The molecule has 3 nitrogen and oxygen atoms in total. The fraction of sp³-hybridized carbons (Fsp3) is 0.625. The van der Waals surface area contributed by atoms with Crippen LogP contribution >= 0.6 is 15.9 Å². The molecule has 1 atom stereocenters. The predicted molar refractivity (Wildman–Crippen MR) is 86.8 cm³/mol. The molecule has 0 saturated carbocycles. The molecule has 0 amide bonds. The molecule has 1 saturated heterocycles. The maximum absolute atomic E-state index is 5.46. The average molecular weight is 341 g/mol. The van der Waals surface area contributed by atoms with E-state index >= 15 is 0 Å². The second kappa shape index (κ2) is 8.13. The van der Waals surface area contributed by atoms with E-state index in [1.807, 2.05) is 0 Å². The van der Waals surface area contributed by atoms with Crippen molar-refractivity contribution in [1.29, 1.82) is 0 Å². The molecular weight excluding hydrogens is 316 g/mol. The topological polar surface area (TPSA) is 24.5 Å². The van der Waals surface area contributed by atoms with Crippen molar-refractivity contribution in [2.75, 3.05) is 26.8 Å². The molecule has 1 fully saturated rings. The van der Waals surface area contributed by atoms with Gasteiger partial charge in [-0.05, 0) is 43.6 Å². The summed E-state index contributed by atoms with van der Waals surface area (Å²) in [6.45, 7) is 6.94. The highest BCUT2D eigenvalue weighted by Crippen LogP contribution is 2.22. The normalized spacial score (nSPS) is 18.9. The van der Waals surface area contributed by atoms with Crippen molar-refractivity contribution in [2.45, 2.75) is 38.9 Å². The first kappa shape index (κ1) is 16.0. The van der Waals surface area contributed by atoms with Crippen LogP contribution in [0.3, 0.4) is 0 Å². The Morgan fingerprint density at radius 2 is 2.30 bits per heavy atom. The molecule has 1 aromatic carbocycles. The minimum Gasteiger partial charge on any atom is -0.380 e. The number of hydrogen-bond donors (Lipinski definition) is 1. The largest absolute Gasteiger partial charge is 0.380 e. The third-order valence-electron chi connectivity index (χ3n) is 3.82. The summed E-state index contributed by atoms with van der Waals surface area (Å²) in [5.74, 6) is 0. The van der Waals surface area contributed by atoms with Gasteiger partial charge in [-0.1, -0.05) is 35.0 Å². The first-order chi connectivity index (χ1) is 9.70. The lowest BCUT2D eigenvalue weighted by molar-refractivity contribution is 0.156. The van der Waals surface area contributed by atoms with E-state index in [4.69, 9.17) is 4.74 Å².